The molecule has 1 saturated carbocycles. The second-order valence-corrected chi connectivity index (χ2v) is 7.77. The van der Waals surface area contributed by atoms with Crippen molar-refractivity contribution in [2.75, 3.05) is 0 Å². The van der Waals surface area contributed by atoms with Crippen molar-refractivity contribution < 1.29 is 13.9 Å². The molecule has 0 aliphatic heterocycles. The Balaban J connectivity index is 1.42. The average Bonchev–Trinajstić information content (AvgIpc) is 2.75. The van der Waals surface area contributed by atoms with Crippen molar-refractivity contribution in [1.82, 2.24) is 0 Å². The minimum absolute atomic E-state index is 0.282. The zero-order valence-electron chi connectivity index (χ0n) is 16.6. The molecule has 0 radical (unpaired) electrons. The first kappa shape index (κ1) is 19.4. The van der Waals surface area contributed by atoms with Gasteiger partial charge in [-0.05, 0) is 91.8 Å². The minimum Gasteiger partial charge on any atom is -0.423 e. The number of rotatable bonds is 4. The van der Waals surface area contributed by atoms with E-state index in [1.165, 1.54) is 37.3 Å². The van der Waals surface area contributed by atoms with Crippen molar-refractivity contribution in [1.29, 1.82) is 0 Å². The molecule has 1 aliphatic rings. The van der Waals surface area contributed by atoms with Gasteiger partial charge in [-0.15, -0.1) is 0 Å². The van der Waals surface area contributed by atoms with Crippen LogP contribution in [-0.2, 0) is 0 Å². The maximum atomic E-state index is 13.8. The normalized spacial score (nSPS) is 19.5. The maximum absolute atomic E-state index is 13.8. The number of benzene rings is 3. The number of hydrogen-bond donors (Lipinski definition) is 0. The number of fused-ring (bicyclic) bond motifs is 1. The lowest BCUT2D eigenvalue weighted by atomic mass is 9.78. The molecule has 4 rings (SSSR count). The number of carbonyl (C=O) groups is 1. The van der Waals surface area contributed by atoms with E-state index in [4.69, 9.17) is 4.74 Å². The predicted molar refractivity (Wildman–Crippen MR) is 115 cm³/mol. The van der Waals surface area contributed by atoms with Gasteiger partial charge in [0.25, 0.3) is 0 Å². The molecule has 0 amide bonds. The van der Waals surface area contributed by atoms with E-state index in [2.05, 4.69) is 19.1 Å². The third-order valence-corrected chi connectivity index (χ3v) is 5.86. The third kappa shape index (κ3) is 4.40. The molecule has 2 nitrogen and oxygen atoms in total. The summed E-state index contributed by atoms with van der Waals surface area (Å²) in [6.07, 6.45) is 9.29. The highest BCUT2D eigenvalue weighted by Crippen LogP contribution is 2.36. The van der Waals surface area contributed by atoms with Crippen LogP contribution in [0.2, 0.25) is 0 Å². The van der Waals surface area contributed by atoms with Gasteiger partial charge in [-0.1, -0.05) is 36.4 Å². The smallest absolute Gasteiger partial charge is 0.343 e. The van der Waals surface area contributed by atoms with E-state index in [0.717, 1.165) is 0 Å². The van der Waals surface area contributed by atoms with Gasteiger partial charge >= 0.3 is 5.97 Å². The van der Waals surface area contributed by atoms with Gasteiger partial charge in [0.15, 0.2) is 0 Å². The van der Waals surface area contributed by atoms with Gasteiger partial charge in [0.1, 0.15) is 11.6 Å². The largest absolute Gasteiger partial charge is 0.423 e. The first-order valence-electron chi connectivity index (χ1n) is 10.3. The summed E-state index contributed by atoms with van der Waals surface area (Å²) in [5, 5.41) is 1.22. The van der Waals surface area contributed by atoms with Gasteiger partial charge in [0.2, 0.25) is 0 Å². The summed E-state index contributed by atoms with van der Waals surface area (Å²) in [4.78, 5) is 12.5. The highest BCUT2D eigenvalue weighted by atomic mass is 19.1. The molecule has 0 bridgehead atoms. The lowest BCUT2D eigenvalue weighted by molar-refractivity contribution is 0.0735. The van der Waals surface area contributed by atoms with E-state index in [-0.39, 0.29) is 5.82 Å². The monoisotopic (exact) mass is 388 g/mol. The Kier molecular flexibility index (Phi) is 5.75. The molecule has 1 aliphatic carbocycles. The summed E-state index contributed by atoms with van der Waals surface area (Å²) in [5.41, 5.74) is 1.82. The number of halogens is 1. The fourth-order valence-electron chi connectivity index (χ4n) is 4.26. The zero-order chi connectivity index (χ0) is 20.2. The van der Waals surface area contributed by atoms with Crippen LogP contribution >= 0.6 is 0 Å². The Morgan fingerprint density at radius 1 is 1.00 bits per heavy atom. The van der Waals surface area contributed by atoms with Gasteiger partial charge in [-0.2, -0.15) is 0 Å². The van der Waals surface area contributed by atoms with E-state index >= 15 is 0 Å². The van der Waals surface area contributed by atoms with Crippen LogP contribution in [0.25, 0.3) is 10.8 Å². The lowest BCUT2D eigenvalue weighted by Crippen LogP contribution is -2.12. The molecule has 0 unspecified atom stereocenters. The van der Waals surface area contributed by atoms with Crippen molar-refractivity contribution >= 4 is 16.7 Å². The highest BCUT2D eigenvalue weighted by Gasteiger charge is 2.21. The molecular weight excluding hydrogens is 363 g/mol. The Labute approximate surface area is 171 Å². The first-order valence-corrected chi connectivity index (χ1v) is 10.3. The SMILES string of the molecule is C/C=C/C1CCC(c2ccc(C(=O)Oc3ccc4c(F)cccc4c3)cc2)CC1. The zero-order valence-corrected chi connectivity index (χ0v) is 16.6. The molecule has 29 heavy (non-hydrogen) atoms. The predicted octanol–water partition coefficient (Wildman–Crippen LogP) is 7.05. The summed E-state index contributed by atoms with van der Waals surface area (Å²) >= 11 is 0. The minimum atomic E-state index is -0.399. The number of ether oxygens (including phenoxy) is 1. The average molecular weight is 388 g/mol. The Morgan fingerprint density at radius 2 is 1.76 bits per heavy atom. The second kappa shape index (κ2) is 8.60. The fraction of sp³-hybridized carbons (Fsp3) is 0.269. The summed E-state index contributed by atoms with van der Waals surface area (Å²) in [5.74, 6) is 1.01. The van der Waals surface area contributed by atoms with Gasteiger partial charge in [-0.25, -0.2) is 9.18 Å². The Morgan fingerprint density at radius 3 is 2.48 bits per heavy atom. The number of carbonyl (C=O) groups excluding carboxylic acids is 1. The fourth-order valence-corrected chi connectivity index (χ4v) is 4.26. The molecule has 0 aromatic heterocycles. The quantitative estimate of drug-likeness (QED) is 0.272. The molecule has 0 saturated heterocycles. The Bertz CT molecular complexity index is 1030. The van der Waals surface area contributed by atoms with E-state index in [9.17, 15) is 9.18 Å². The first-order chi connectivity index (χ1) is 14.1. The van der Waals surface area contributed by atoms with E-state index in [1.54, 1.807) is 30.3 Å². The number of esters is 1. The molecule has 3 aromatic rings. The molecule has 148 valence electrons. The van der Waals surface area contributed by atoms with Crippen LogP contribution in [0.15, 0.2) is 72.8 Å². The molecule has 1 fully saturated rings. The van der Waals surface area contributed by atoms with Crippen molar-refractivity contribution in [2.45, 2.75) is 38.5 Å². The van der Waals surface area contributed by atoms with Crippen molar-refractivity contribution in [3.05, 3.63) is 89.8 Å². The van der Waals surface area contributed by atoms with Gasteiger partial charge in [0, 0.05) is 5.39 Å². The number of hydrogen-bond acceptors (Lipinski definition) is 2. The van der Waals surface area contributed by atoms with Crippen LogP contribution < -0.4 is 4.74 Å². The Hall–Kier alpha value is -2.94. The second-order valence-electron chi connectivity index (χ2n) is 7.77. The van der Waals surface area contributed by atoms with E-state index in [1.807, 2.05) is 24.3 Å². The van der Waals surface area contributed by atoms with E-state index < -0.39 is 5.97 Å². The van der Waals surface area contributed by atoms with Crippen LogP contribution in [0.1, 0.15) is 54.4 Å². The maximum Gasteiger partial charge on any atom is 0.343 e. The van der Waals surface area contributed by atoms with Crippen LogP contribution in [-0.4, -0.2) is 5.97 Å². The molecular formula is C26H25FO2. The topological polar surface area (TPSA) is 26.3 Å². The van der Waals surface area contributed by atoms with E-state index in [0.29, 0.717) is 33.9 Å². The third-order valence-electron chi connectivity index (χ3n) is 5.86. The van der Waals surface area contributed by atoms with Crippen molar-refractivity contribution in [2.24, 2.45) is 5.92 Å². The van der Waals surface area contributed by atoms with Gasteiger partial charge in [0.05, 0.1) is 5.56 Å². The molecule has 0 heterocycles. The summed E-state index contributed by atoms with van der Waals surface area (Å²) in [7, 11) is 0. The van der Waals surface area contributed by atoms with Gasteiger partial charge < -0.3 is 4.74 Å². The summed E-state index contributed by atoms with van der Waals surface area (Å²) in [6.45, 7) is 2.08. The lowest BCUT2D eigenvalue weighted by Gasteiger charge is -2.27. The molecule has 0 N–H and O–H groups in total. The molecule has 0 spiro atoms. The van der Waals surface area contributed by atoms with Crippen LogP contribution in [0, 0.1) is 11.7 Å². The standard InChI is InChI=1S/C26H25FO2/c1-2-4-18-7-9-19(10-8-18)20-11-13-21(14-12-20)26(28)29-23-15-16-24-22(17-23)5-3-6-25(24)27/h2-6,11-19H,7-10H2,1H3/b4-2+. The van der Waals surface area contributed by atoms with Gasteiger partial charge in [-0.3, -0.25) is 0 Å². The van der Waals surface area contributed by atoms with Crippen molar-refractivity contribution in [3.8, 4) is 5.75 Å². The molecule has 3 heteroatoms. The summed E-state index contributed by atoms with van der Waals surface area (Å²) < 4.78 is 19.3. The van der Waals surface area contributed by atoms with Crippen LogP contribution in [0.3, 0.4) is 0 Å². The summed E-state index contributed by atoms with van der Waals surface area (Å²) in [6, 6.07) is 17.6. The van der Waals surface area contributed by atoms with Crippen molar-refractivity contribution in [3.63, 3.8) is 0 Å². The molecule has 3 aromatic carbocycles. The van der Waals surface area contributed by atoms with Crippen LogP contribution in [0.5, 0.6) is 5.75 Å². The van der Waals surface area contributed by atoms with Crippen LogP contribution in [0.4, 0.5) is 4.39 Å². The number of allylic oxidation sites excluding steroid dienone is 2. The highest BCUT2D eigenvalue weighted by molar-refractivity contribution is 5.92. The molecule has 0 atom stereocenters.